The van der Waals surface area contributed by atoms with Gasteiger partial charge in [0, 0.05) is 26.3 Å². The number of benzene rings is 1. The van der Waals surface area contributed by atoms with Crippen molar-refractivity contribution in [2.75, 3.05) is 23.8 Å². The summed E-state index contributed by atoms with van der Waals surface area (Å²) in [5.41, 5.74) is 2.62. The van der Waals surface area contributed by atoms with Gasteiger partial charge in [0.15, 0.2) is 0 Å². The first kappa shape index (κ1) is 14.3. The van der Waals surface area contributed by atoms with Crippen molar-refractivity contribution >= 4 is 11.8 Å². The van der Waals surface area contributed by atoms with Crippen molar-refractivity contribution in [1.82, 2.24) is 9.97 Å². The van der Waals surface area contributed by atoms with E-state index in [1.165, 1.54) is 11.1 Å². The Labute approximate surface area is 120 Å². The van der Waals surface area contributed by atoms with E-state index in [2.05, 4.69) is 65.3 Å². The lowest BCUT2D eigenvalue weighted by Crippen LogP contribution is -2.19. The van der Waals surface area contributed by atoms with Crippen LogP contribution in [-0.4, -0.2) is 23.6 Å². The molecule has 4 nitrogen and oxygen atoms in total. The van der Waals surface area contributed by atoms with E-state index in [0.29, 0.717) is 5.95 Å². The van der Waals surface area contributed by atoms with E-state index < -0.39 is 0 Å². The van der Waals surface area contributed by atoms with Gasteiger partial charge < -0.3 is 10.2 Å². The van der Waals surface area contributed by atoms with Gasteiger partial charge in [-0.25, -0.2) is 4.98 Å². The Kier molecular flexibility index (Phi) is 4.93. The summed E-state index contributed by atoms with van der Waals surface area (Å²) in [4.78, 5) is 10.9. The van der Waals surface area contributed by atoms with Gasteiger partial charge >= 0.3 is 0 Å². The van der Waals surface area contributed by atoms with Crippen LogP contribution in [0.3, 0.4) is 0 Å². The maximum atomic E-state index is 4.54. The molecule has 0 spiro atoms. The van der Waals surface area contributed by atoms with Crippen LogP contribution in [0, 0.1) is 6.92 Å². The van der Waals surface area contributed by atoms with Gasteiger partial charge in [0.1, 0.15) is 5.82 Å². The van der Waals surface area contributed by atoms with Gasteiger partial charge in [-0.3, -0.25) is 0 Å². The minimum absolute atomic E-state index is 0.695. The van der Waals surface area contributed by atoms with E-state index in [9.17, 15) is 0 Å². The molecule has 2 rings (SSSR count). The Hall–Kier alpha value is -2.10. The molecule has 2 aromatic rings. The number of aryl methyl sites for hydroxylation is 1. The molecule has 1 N–H and O–H groups in total. The fourth-order valence-corrected chi connectivity index (χ4v) is 2.01. The van der Waals surface area contributed by atoms with Crippen LogP contribution in [0.2, 0.25) is 0 Å². The second-order valence-electron chi connectivity index (χ2n) is 4.95. The molecule has 1 heterocycles. The zero-order chi connectivity index (χ0) is 14.4. The summed E-state index contributed by atoms with van der Waals surface area (Å²) in [5.74, 6) is 1.63. The molecule has 0 bridgehead atoms. The molecule has 0 aliphatic carbocycles. The summed E-state index contributed by atoms with van der Waals surface area (Å²) in [6.45, 7) is 6.00. The summed E-state index contributed by atoms with van der Waals surface area (Å²) in [6.07, 6.45) is 2.86. The van der Waals surface area contributed by atoms with Gasteiger partial charge in [-0.1, -0.05) is 31.2 Å². The molecular formula is C16H22N4. The lowest BCUT2D eigenvalue weighted by atomic mass is 10.1. The number of nitrogens with zero attached hydrogens (tertiary/aromatic N) is 3. The van der Waals surface area contributed by atoms with Crippen LogP contribution in [0.25, 0.3) is 0 Å². The normalized spacial score (nSPS) is 10.3. The first-order valence-corrected chi connectivity index (χ1v) is 7.03. The molecule has 0 aliphatic heterocycles. The zero-order valence-electron chi connectivity index (χ0n) is 12.4. The molecule has 106 valence electrons. The van der Waals surface area contributed by atoms with E-state index in [1.807, 2.05) is 6.07 Å². The number of nitrogens with one attached hydrogen (secondary N) is 1. The number of hydrogen-bond acceptors (Lipinski definition) is 4. The Morgan fingerprint density at radius 1 is 1.20 bits per heavy atom. The highest BCUT2D eigenvalue weighted by atomic mass is 15.2. The van der Waals surface area contributed by atoms with Gasteiger partial charge in [-0.05, 0) is 30.5 Å². The first-order chi connectivity index (χ1) is 9.70. The molecule has 1 aromatic carbocycles. The molecular weight excluding hydrogens is 248 g/mol. The van der Waals surface area contributed by atoms with Crippen LogP contribution in [0.4, 0.5) is 11.8 Å². The van der Waals surface area contributed by atoms with Crippen molar-refractivity contribution in [3.05, 3.63) is 47.7 Å². The third kappa shape index (κ3) is 3.70. The van der Waals surface area contributed by atoms with Crippen molar-refractivity contribution in [3.63, 3.8) is 0 Å². The van der Waals surface area contributed by atoms with Crippen molar-refractivity contribution in [1.29, 1.82) is 0 Å². The zero-order valence-corrected chi connectivity index (χ0v) is 12.4. The van der Waals surface area contributed by atoms with E-state index in [4.69, 9.17) is 0 Å². The van der Waals surface area contributed by atoms with Gasteiger partial charge in [0.2, 0.25) is 5.95 Å². The lowest BCUT2D eigenvalue weighted by molar-refractivity contribution is 0.879. The standard InChI is InChI=1S/C16H22N4/c1-4-10-17-16-18-11-9-15(19-16)20(3)12-14-8-6-5-7-13(14)2/h5-9,11H,4,10,12H2,1-3H3,(H,17,18,19). The SMILES string of the molecule is CCCNc1nccc(N(C)Cc2ccccc2C)n1. The number of hydrogen-bond donors (Lipinski definition) is 1. The molecule has 0 radical (unpaired) electrons. The van der Waals surface area contributed by atoms with Crippen LogP contribution < -0.4 is 10.2 Å². The fraction of sp³-hybridized carbons (Fsp3) is 0.375. The summed E-state index contributed by atoms with van der Waals surface area (Å²) in [6, 6.07) is 10.4. The predicted octanol–water partition coefficient (Wildman–Crippen LogP) is 3.24. The second kappa shape index (κ2) is 6.89. The van der Waals surface area contributed by atoms with Crippen LogP contribution in [0.15, 0.2) is 36.5 Å². The monoisotopic (exact) mass is 270 g/mol. The molecule has 0 saturated heterocycles. The van der Waals surface area contributed by atoms with Crippen LogP contribution in [0.5, 0.6) is 0 Å². The maximum absolute atomic E-state index is 4.54. The van der Waals surface area contributed by atoms with E-state index in [-0.39, 0.29) is 0 Å². The van der Waals surface area contributed by atoms with Crippen molar-refractivity contribution in [3.8, 4) is 0 Å². The van der Waals surface area contributed by atoms with Crippen LogP contribution in [0.1, 0.15) is 24.5 Å². The minimum atomic E-state index is 0.695. The summed E-state index contributed by atoms with van der Waals surface area (Å²) in [7, 11) is 2.05. The highest BCUT2D eigenvalue weighted by Gasteiger charge is 2.06. The van der Waals surface area contributed by atoms with Crippen molar-refractivity contribution in [2.45, 2.75) is 26.8 Å². The third-order valence-electron chi connectivity index (χ3n) is 3.23. The molecule has 0 aliphatic rings. The van der Waals surface area contributed by atoms with Crippen molar-refractivity contribution in [2.24, 2.45) is 0 Å². The molecule has 0 amide bonds. The summed E-state index contributed by atoms with van der Waals surface area (Å²) >= 11 is 0. The van der Waals surface area contributed by atoms with Crippen LogP contribution >= 0.6 is 0 Å². The van der Waals surface area contributed by atoms with Gasteiger partial charge in [-0.15, -0.1) is 0 Å². The topological polar surface area (TPSA) is 41.1 Å². The van der Waals surface area contributed by atoms with E-state index in [1.54, 1.807) is 6.20 Å². The smallest absolute Gasteiger partial charge is 0.224 e. The average Bonchev–Trinajstić information content (AvgIpc) is 2.48. The molecule has 0 fully saturated rings. The molecule has 0 atom stereocenters. The molecule has 1 aromatic heterocycles. The molecule has 20 heavy (non-hydrogen) atoms. The lowest BCUT2D eigenvalue weighted by Gasteiger charge is -2.19. The number of anilines is 2. The maximum Gasteiger partial charge on any atom is 0.224 e. The Morgan fingerprint density at radius 2 is 2.00 bits per heavy atom. The average molecular weight is 270 g/mol. The Bertz CT molecular complexity index is 554. The largest absolute Gasteiger partial charge is 0.355 e. The van der Waals surface area contributed by atoms with Crippen molar-refractivity contribution < 1.29 is 0 Å². The van der Waals surface area contributed by atoms with Gasteiger partial charge in [0.05, 0.1) is 0 Å². The minimum Gasteiger partial charge on any atom is -0.355 e. The molecule has 0 unspecified atom stereocenters. The predicted molar refractivity (Wildman–Crippen MR) is 84.1 cm³/mol. The van der Waals surface area contributed by atoms with Crippen LogP contribution in [-0.2, 0) is 6.54 Å². The van der Waals surface area contributed by atoms with E-state index >= 15 is 0 Å². The number of aromatic nitrogens is 2. The highest BCUT2D eigenvalue weighted by Crippen LogP contribution is 2.15. The molecule has 4 heteroatoms. The van der Waals surface area contributed by atoms with E-state index in [0.717, 1.165) is 25.3 Å². The van der Waals surface area contributed by atoms with Gasteiger partial charge in [-0.2, -0.15) is 4.98 Å². The molecule has 0 saturated carbocycles. The Morgan fingerprint density at radius 3 is 2.75 bits per heavy atom. The van der Waals surface area contributed by atoms with Gasteiger partial charge in [0.25, 0.3) is 0 Å². The Balaban J connectivity index is 2.09. The highest BCUT2D eigenvalue weighted by molar-refractivity contribution is 5.43. The number of rotatable bonds is 6. The third-order valence-corrected chi connectivity index (χ3v) is 3.23. The second-order valence-corrected chi connectivity index (χ2v) is 4.95. The fourth-order valence-electron chi connectivity index (χ4n) is 2.01. The summed E-state index contributed by atoms with van der Waals surface area (Å²) in [5, 5.41) is 3.22. The quantitative estimate of drug-likeness (QED) is 0.875. The first-order valence-electron chi connectivity index (χ1n) is 7.03. The summed E-state index contributed by atoms with van der Waals surface area (Å²) < 4.78 is 0.